The fourth-order valence-corrected chi connectivity index (χ4v) is 7.72. The summed E-state index contributed by atoms with van der Waals surface area (Å²) in [5.74, 6) is 4.09. The van der Waals surface area contributed by atoms with Gasteiger partial charge >= 0.3 is 0 Å². The van der Waals surface area contributed by atoms with Gasteiger partial charge in [0, 0.05) is 23.5 Å². The van der Waals surface area contributed by atoms with Crippen molar-refractivity contribution in [2.45, 2.75) is 51.0 Å². The minimum Gasteiger partial charge on any atom is -0.508 e. The van der Waals surface area contributed by atoms with Gasteiger partial charge in [0.15, 0.2) is 0 Å². The highest BCUT2D eigenvalue weighted by molar-refractivity contribution is 6.31. The first-order chi connectivity index (χ1) is 15.0. The summed E-state index contributed by atoms with van der Waals surface area (Å²) in [4.78, 5) is 15.7. The molecule has 4 saturated carbocycles. The third-order valence-electron chi connectivity index (χ3n) is 8.61. The second-order valence-electron chi connectivity index (χ2n) is 10.5. The molecule has 4 bridgehead atoms. The molecule has 1 N–H and O–H groups in total. The number of nitrogens with zero attached hydrogens (tertiary/aromatic N) is 1. The van der Waals surface area contributed by atoms with E-state index in [9.17, 15) is 9.90 Å². The molecule has 1 amide bonds. The number of hydrogen-bond donors (Lipinski definition) is 1. The van der Waals surface area contributed by atoms with Crippen molar-refractivity contribution >= 4 is 17.5 Å². The van der Waals surface area contributed by atoms with E-state index in [0.717, 1.165) is 64.8 Å². The van der Waals surface area contributed by atoms with E-state index in [0.29, 0.717) is 11.9 Å². The molecule has 7 rings (SSSR count). The molecule has 1 saturated heterocycles. The van der Waals surface area contributed by atoms with Gasteiger partial charge in [0.2, 0.25) is 5.91 Å². The van der Waals surface area contributed by atoms with Gasteiger partial charge in [-0.1, -0.05) is 35.9 Å². The molecule has 1 atom stereocenters. The maximum absolute atomic E-state index is 13.4. The summed E-state index contributed by atoms with van der Waals surface area (Å²) in [6.45, 7) is 0.930. The lowest BCUT2D eigenvalue weighted by atomic mass is 9.54. The number of benzene rings is 2. The second kappa shape index (κ2) is 7.55. The van der Waals surface area contributed by atoms with Gasteiger partial charge in [-0.25, -0.2) is 0 Å². The minimum atomic E-state index is 0.0641. The summed E-state index contributed by atoms with van der Waals surface area (Å²) in [5, 5.41) is 10.2. The normalized spacial score (nSPS) is 34.0. The lowest BCUT2D eigenvalue weighted by molar-refractivity contribution is -0.141. The number of halogens is 1. The van der Waals surface area contributed by atoms with E-state index in [1.54, 1.807) is 12.1 Å². The summed E-state index contributed by atoms with van der Waals surface area (Å²) < 4.78 is 0. The van der Waals surface area contributed by atoms with E-state index in [2.05, 4.69) is 17.0 Å². The Morgan fingerprint density at radius 3 is 2.19 bits per heavy atom. The maximum atomic E-state index is 13.4. The first-order valence-corrected chi connectivity index (χ1v) is 12.3. The summed E-state index contributed by atoms with van der Waals surface area (Å²) in [7, 11) is 0. The van der Waals surface area contributed by atoms with E-state index >= 15 is 0 Å². The highest BCUT2D eigenvalue weighted by Crippen LogP contribution is 2.55. The first kappa shape index (κ1) is 19.7. The molecule has 1 aliphatic heterocycles. The number of amides is 1. The predicted molar refractivity (Wildman–Crippen MR) is 123 cm³/mol. The Morgan fingerprint density at radius 1 is 0.903 bits per heavy atom. The average molecular weight is 436 g/mol. The van der Waals surface area contributed by atoms with Crippen LogP contribution in [0.4, 0.5) is 0 Å². The van der Waals surface area contributed by atoms with Crippen LogP contribution in [-0.2, 0) is 11.2 Å². The minimum absolute atomic E-state index is 0.0641. The quantitative estimate of drug-likeness (QED) is 0.646. The molecule has 2 aromatic rings. The number of hydrogen-bond acceptors (Lipinski definition) is 2. The van der Waals surface area contributed by atoms with Crippen LogP contribution >= 0.6 is 11.6 Å². The van der Waals surface area contributed by atoms with Crippen LogP contribution in [0.2, 0.25) is 5.02 Å². The zero-order valence-electron chi connectivity index (χ0n) is 17.8. The van der Waals surface area contributed by atoms with Crippen molar-refractivity contribution in [3.8, 4) is 16.9 Å². The monoisotopic (exact) mass is 435 g/mol. The van der Waals surface area contributed by atoms with Crippen molar-refractivity contribution in [3.63, 3.8) is 0 Å². The topological polar surface area (TPSA) is 40.5 Å². The van der Waals surface area contributed by atoms with Crippen molar-refractivity contribution in [2.75, 3.05) is 6.54 Å². The number of phenols is 1. The molecule has 4 aliphatic carbocycles. The van der Waals surface area contributed by atoms with Crippen LogP contribution in [0.1, 0.15) is 44.1 Å². The van der Waals surface area contributed by atoms with Gasteiger partial charge in [-0.2, -0.15) is 0 Å². The second-order valence-corrected chi connectivity index (χ2v) is 10.9. The van der Waals surface area contributed by atoms with Gasteiger partial charge in [-0.05, 0) is 104 Å². The van der Waals surface area contributed by atoms with Gasteiger partial charge < -0.3 is 10.0 Å². The van der Waals surface area contributed by atoms with Gasteiger partial charge in [0.05, 0.1) is 0 Å². The molecule has 4 heteroatoms. The first-order valence-electron chi connectivity index (χ1n) is 11.9. The highest BCUT2D eigenvalue weighted by atomic mass is 35.5. The van der Waals surface area contributed by atoms with Crippen molar-refractivity contribution < 1.29 is 9.90 Å². The SMILES string of the molecule is O=C1C(Cc2ccc(-c3ccc(O)cc3)cc2Cl)CCN1C1C2CC3CC(C2)CC1C3. The number of phenolic OH excluding ortho intramolecular Hbond substituents is 1. The number of rotatable bonds is 4. The molecule has 5 aliphatic rings. The Morgan fingerprint density at radius 2 is 1.55 bits per heavy atom. The summed E-state index contributed by atoms with van der Waals surface area (Å²) in [5.41, 5.74) is 3.12. The smallest absolute Gasteiger partial charge is 0.226 e. The van der Waals surface area contributed by atoms with Gasteiger partial charge in [0.25, 0.3) is 0 Å². The van der Waals surface area contributed by atoms with E-state index in [-0.39, 0.29) is 11.7 Å². The van der Waals surface area contributed by atoms with Crippen LogP contribution in [0.15, 0.2) is 42.5 Å². The molecular formula is C27H30ClNO2. The summed E-state index contributed by atoms with van der Waals surface area (Å²) in [6.07, 6.45) is 8.57. The lowest BCUT2D eigenvalue weighted by Gasteiger charge is -2.56. The molecule has 0 radical (unpaired) electrons. The third-order valence-corrected chi connectivity index (χ3v) is 8.96. The van der Waals surface area contributed by atoms with Gasteiger partial charge in [-0.15, -0.1) is 0 Å². The standard InChI is InChI=1S/C27H30ClNO2/c28-25-15-19(18-3-5-24(30)6-4-18)1-2-20(25)14-21-7-8-29(27(21)31)26-22-10-16-9-17(12-22)13-23(26)11-16/h1-6,15-17,21-23,26,30H,7-14H2. The fourth-order valence-electron chi connectivity index (χ4n) is 7.47. The van der Waals surface area contributed by atoms with Crippen molar-refractivity contribution in [3.05, 3.63) is 53.1 Å². The highest BCUT2D eigenvalue weighted by Gasteiger charge is 2.52. The Hall–Kier alpha value is -2.00. The zero-order valence-corrected chi connectivity index (χ0v) is 18.6. The maximum Gasteiger partial charge on any atom is 0.226 e. The summed E-state index contributed by atoms with van der Waals surface area (Å²) >= 11 is 6.65. The Balaban J connectivity index is 1.16. The van der Waals surface area contributed by atoms with Crippen molar-refractivity contribution in [1.29, 1.82) is 0 Å². The van der Waals surface area contributed by atoms with E-state index in [1.165, 1.54) is 32.1 Å². The number of carbonyl (C=O) groups excluding carboxylic acids is 1. The molecule has 31 heavy (non-hydrogen) atoms. The lowest BCUT2D eigenvalue weighted by Crippen LogP contribution is -2.56. The van der Waals surface area contributed by atoms with Crippen LogP contribution in [-0.4, -0.2) is 28.5 Å². The molecule has 2 aromatic carbocycles. The molecule has 0 aromatic heterocycles. The number of carbonyl (C=O) groups is 1. The third kappa shape index (κ3) is 3.46. The molecular weight excluding hydrogens is 406 g/mol. The molecule has 5 fully saturated rings. The molecule has 162 valence electrons. The predicted octanol–water partition coefficient (Wildman–Crippen LogP) is 5.93. The van der Waals surface area contributed by atoms with Gasteiger partial charge in [-0.3, -0.25) is 4.79 Å². The fraction of sp³-hybridized carbons (Fsp3) is 0.519. The van der Waals surface area contributed by atoms with Crippen LogP contribution in [0.3, 0.4) is 0 Å². The van der Waals surface area contributed by atoms with Crippen LogP contribution in [0.5, 0.6) is 5.75 Å². The van der Waals surface area contributed by atoms with Crippen LogP contribution in [0.25, 0.3) is 11.1 Å². The number of likely N-dealkylation sites (tertiary alicyclic amines) is 1. The van der Waals surface area contributed by atoms with E-state index < -0.39 is 0 Å². The van der Waals surface area contributed by atoms with Crippen LogP contribution in [0, 0.1) is 29.6 Å². The Bertz CT molecular complexity index is 973. The number of aromatic hydroxyl groups is 1. The van der Waals surface area contributed by atoms with E-state index in [1.807, 2.05) is 18.2 Å². The Kier molecular flexibility index (Phi) is 4.79. The summed E-state index contributed by atoms with van der Waals surface area (Å²) in [6, 6.07) is 13.8. The van der Waals surface area contributed by atoms with Crippen molar-refractivity contribution in [2.24, 2.45) is 29.6 Å². The Labute approximate surface area is 189 Å². The average Bonchev–Trinajstić information content (AvgIpc) is 3.09. The van der Waals surface area contributed by atoms with E-state index in [4.69, 9.17) is 11.6 Å². The molecule has 1 heterocycles. The molecule has 1 unspecified atom stereocenters. The molecule has 0 spiro atoms. The van der Waals surface area contributed by atoms with Gasteiger partial charge in [0.1, 0.15) is 5.75 Å². The largest absolute Gasteiger partial charge is 0.508 e. The zero-order chi connectivity index (χ0) is 21.1. The van der Waals surface area contributed by atoms with Crippen LogP contribution < -0.4 is 0 Å². The van der Waals surface area contributed by atoms with Crippen molar-refractivity contribution in [1.82, 2.24) is 4.90 Å². The molecule has 3 nitrogen and oxygen atoms in total.